The van der Waals surface area contributed by atoms with Gasteiger partial charge in [0.1, 0.15) is 17.7 Å². The molecule has 1 amide bonds. The largest absolute Gasteiger partial charge is 0.463 e. The van der Waals surface area contributed by atoms with Gasteiger partial charge in [-0.25, -0.2) is 9.97 Å². The van der Waals surface area contributed by atoms with Gasteiger partial charge in [-0.1, -0.05) is 0 Å². The van der Waals surface area contributed by atoms with E-state index in [4.69, 9.17) is 4.42 Å². The van der Waals surface area contributed by atoms with Gasteiger partial charge >= 0.3 is 0 Å². The molecule has 2 N–H and O–H groups in total. The first-order valence-corrected chi connectivity index (χ1v) is 5.49. The molecule has 0 aliphatic carbocycles. The fourth-order valence-electron chi connectivity index (χ4n) is 1.55. The second-order valence-electron chi connectivity index (χ2n) is 3.69. The number of aromatic nitrogens is 4. The number of furan rings is 1. The van der Waals surface area contributed by atoms with E-state index in [0.29, 0.717) is 17.3 Å². The maximum atomic E-state index is 11.8. The zero-order valence-corrected chi connectivity index (χ0v) is 9.70. The molecule has 0 unspecified atom stereocenters. The number of hydrogen-bond acceptors (Lipinski definition) is 5. The van der Waals surface area contributed by atoms with Gasteiger partial charge in [0.2, 0.25) is 0 Å². The summed E-state index contributed by atoms with van der Waals surface area (Å²) in [5.74, 6) is 0.699. The second-order valence-corrected chi connectivity index (χ2v) is 3.69. The molecule has 3 heterocycles. The molecule has 3 aromatic rings. The zero-order chi connectivity index (χ0) is 13.1. The highest BCUT2D eigenvalue weighted by Gasteiger charge is 2.11. The molecule has 0 atom stereocenters. The lowest BCUT2D eigenvalue weighted by molar-refractivity contribution is 0.102. The Morgan fingerprint density at radius 3 is 3.05 bits per heavy atom. The fourth-order valence-corrected chi connectivity index (χ4v) is 1.55. The number of rotatable bonds is 3. The summed E-state index contributed by atoms with van der Waals surface area (Å²) in [7, 11) is 0. The summed E-state index contributed by atoms with van der Waals surface area (Å²) in [6, 6.07) is 6.77. The van der Waals surface area contributed by atoms with Gasteiger partial charge in [0.25, 0.3) is 5.91 Å². The van der Waals surface area contributed by atoms with Crippen molar-refractivity contribution in [3.63, 3.8) is 0 Å². The minimum Gasteiger partial charge on any atom is -0.463 e. The third-order valence-electron chi connectivity index (χ3n) is 2.42. The summed E-state index contributed by atoms with van der Waals surface area (Å²) in [6.07, 6.45) is 4.38. The van der Waals surface area contributed by atoms with Gasteiger partial charge in [-0.2, -0.15) is 5.10 Å². The Morgan fingerprint density at radius 1 is 1.37 bits per heavy atom. The highest BCUT2D eigenvalue weighted by atomic mass is 16.3. The third kappa shape index (κ3) is 2.34. The molecule has 3 rings (SSSR count). The lowest BCUT2D eigenvalue weighted by Crippen LogP contribution is -2.13. The summed E-state index contributed by atoms with van der Waals surface area (Å²) in [5, 5.41) is 9.38. The molecule has 0 spiro atoms. The van der Waals surface area contributed by atoms with Gasteiger partial charge in [-0.15, -0.1) is 0 Å². The van der Waals surface area contributed by atoms with E-state index < -0.39 is 0 Å². The predicted octanol–water partition coefficient (Wildman–Crippen LogP) is 1.71. The Hall–Kier alpha value is -2.96. The first-order valence-electron chi connectivity index (χ1n) is 5.49. The Kier molecular flexibility index (Phi) is 2.77. The van der Waals surface area contributed by atoms with Crippen molar-refractivity contribution in [3.8, 4) is 11.5 Å². The van der Waals surface area contributed by atoms with Crippen LogP contribution in [0, 0.1) is 0 Å². The minimum atomic E-state index is -0.347. The summed E-state index contributed by atoms with van der Waals surface area (Å²) in [4.78, 5) is 19.4. The average molecular weight is 255 g/mol. The number of hydrogen-bond donors (Lipinski definition) is 2. The van der Waals surface area contributed by atoms with Crippen molar-refractivity contribution in [2.45, 2.75) is 0 Å². The SMILES string of the molecule is O=C(Nc1cc(-c2ccco2)[nH]n1)c1ccncn1. The van der Waals surface area contributed by atoms with Crippen LogP contribution in [0.2, 0.25) is 0 Å². The molecule has 0 saturated heterocycles. The lowest BCUT2D eigenvalue weighted by Gasteiger charge is -1.99. The molecule has 3 aromatic heterocycles. The molecule has 7 nitrogen and oxygen atoms in total. The quantitative estimate of drug-likeness (QED) is 0.742. The van der Waals surface area contributed by atoms with Crippen LogP contribution in [0.4, 0.5) is 5.82 Å². The van der Waals surface area contributed by atoms with E-state index in [2.05, 4.69) is 25.5 Å². The van der Waals surface area contributed by atoms with Gasteiger partial charge in [0.15, 0.2) is 11.6 Å². The fraction of sp³-hybridized carbons (Fsp3) is 0. The van der Waals surface area contributed by atoms with Crippen molar-refractivity contribution in [2.24, 2.45) is 0 Å². The van der Waals surface area contributed by atoms with Gasteiger partial charge in [0, 0.05) is 12.3 Å². The van der Waals surface area contributed by atoms with E-state index in [9.17, 15) is 4.79 Å². The number of aromatic amines is 1. The molecule has 19 heavy (non-hydrogen) atoms. The first kappa shape index (κ1) is 11.1. The third-order valence-corrected chi connectivity index (χ3v) is 2.42. The summed E-state index contributed by atoms with van der Waals surface area (Å²) < 4.78 is 5.22. The van der Waals surface area contributed by atoms with E-state index in [0.717, 1.165) is 0 Å². The van der Waals surface area contributed by atoms with E-state index >= 15 is 0 Å². The van der Waals surface area contributed by atoms with Crippen LogP contribution in [-0.2, 0) is 0 Å². The van der Waals surface area contributed by atoms with Crippen LogP contribution in [0.25, 0.3) is 11.5 Å². The molecule has 0 bridgehead atoms. The average Bonchev–Trinajstić information content (AvgIpc) is 3.10. The Labute approximate surface area is 107 Å². The van der Waals surface area contributed by atoms with Crippen LogP contribution in [0.3, 0.4) is 0 Å². The highest BCUT2D eigenvalue weighted by molar-refractivity contribution is 6.02. The Bertz CT molecular complexity index is 675. The molecule has 0 saturated carbocycles. The van der Waals surface area contributed by atoms with E-state index in [-0.39, 0.29) is 11.6 Å². The van der Waals surface area contributed by atoms with Crippen molar-refractivity contribution < 1.29 is 9.21 Å². The molecule has 94 valence electrons. The zero-order valence-electron chi connectivity index (χ0n) is 9.70. The van der Waals surface area contributed by atoms with Gasteiger partial charge in [0.05, 0.1) is 6.26 Å². The topological polar surface area (TPSA) is 96.7 Å². The Balaban J connectivity index is 1.76. The molecule has 0 fully saturated rings. The molecule has 0 radical (unpaired) electrons. The highest BCUT2D eigenvalue weighted by Crippen LogP contribution is 2.19. The Morgan fingerprint density at radius 2 is 2.32 bits per heavy atom. The van der Waals surface area contributed by atoms with Crippen molar-refractivity contribution in [1.29, 1.82) is 0 Å². The van der Waals surface area contributed by atoms with Crippen LogP contribution >= 0.6 is 0 Å². The van der Waals surface area contributed by atoms with Crippen LogP contribution in [0.1, 0.15) is 10.5 Å². The number of carbonyl (C=O) groups is 1. The molecular formula is C12H9N5O2. The smallest absolute Gasteiger partial charge is 0.275 e. The predicted molar refractivity (Wildman–Crippen MR) is 66.3 cm³/mol. The number of anilines is 1. The van der Waals surface area contributed by atoms with Crippen molar-refractivity contribution in [3.05, 3.63) is 48.7 Å². The van der Waals surface area contributed by atoms with Crippen LogP contribution in [0.15, 0.2) is 47.5 Å². The number of carbonyl (C=O) groups excluding carboxylic acids is 1. The van der Waals surface area contributed by atoms with Crippen LogP contribution in [0.5, 0.6) is 0 Å². The summed E-state index contributed by atoms with van der Waals surface area (Å²) in [6.45, 7) is 0. The van der Waals surface area contributed by atoms with Gasteiger partial charge in [-0.05, 0) is 18.2 Å². The minimum absolute atomic E-state index is 0.276. The molecular weight excluding hydrogens is 246 g/mol. The second kappa shape index (κ2) is 4.73. The van der Waals surface area contributed by atoms with Gasteiger partial charge in [-0.3, -0.25) is 9.89 Å². The standard InChI is InChI=1S/C12H9N5O2/c18-12(8-3-4-13-7-14-8)15-11-6-9(16-17-11)10-2-1-5-19-10/h1-7H,(H2,15,16,17,18). The summed E-state index contributed by atoms with van der Waals surface area (Å²) >= 11 is 0. The van der Waals surface area contributed by atoms with Crippen molar-refractivity contribution >= 4 is 11.7 Å². The lowest BCUT2D eigenvalue weighted by atomic mass is 10.3. The molecule has 0 aromatic carbocycles. The monoisotopic (exact) mass is 255 g/mol. The normalized spacial score (nSPS) is 10.3. The number of nitrogens with zero attached hydrogens (tertiary/aromatic N) is 3. The first-order chi connectivity index (χ1) is 9.33. The summed E-state index contributed by atoms with van der Waals surface area (Å²) in [5.41, 5.74) is 0.959. The van der Waals surface area contributed by atoms with Crippen molar-refractivity contribution in [1.82, 2.24) is 20.2 Å². The molecule has 0 aliphatic rings. The van der Waals surface area contributed by atoms with E-state index in [1.165, 1.54) is 18.6 Å². The number of nitrogens with one attached hydrogen (secondary N) is 2. The number of amides is 1. The van der Waals surface area contributed by atoms with Crippen LogP contribution < -0.4 is 5.32 Å². The molecule has 7 heteroatoms. The van der Waals surface area contributed by atoms with Crippen molar-refractivity contribution in [2.75, 3.05) is 5.32 Å². The molecule has 0 aliphatic heterocycles. The van der Waals surface area contributed by atoms with Gasteiger partial charge < -0.3 is 9.73 Å². The van der Waals surface area contributed by atoms with Crippen LogP contribution in [-0.4, -0.2) is 26.1 Å². The number of H-pyrrole nitrogens is 1. The van der Waals surface area contributed by atoms with E-state index in [1.54, 1.807) is 24.5 Å². The maximum absolute atomic E-state index is 11.8. The maximum Gasteiger partial charge on any atom is 0.275 e. The van der Waals surface area contributed by atoms with E-state index in [1.807, 2.05) is 0 Å².